The first-order valence-electron chi connectivity index (χ1n) is 9.82. The van der Waals surface area contributed by atoms with Gasteiger partial charge in [0.05, 0.1) is 39.6 Å². The number of nitrogens with zero attached hydrogens (tertiary/aromatic N) is 2. The molecule has 3 atom stereocenters. The lowest BCUT2D eigenvalue weighted by atomic mass is 9.61. The summed E-state index contributed by atoms with van der Waals surface area (Å²) in [7, 11) is 0. The summed E-state index contributed by atoms with van der Waals surface area (Å²) in [6.07, 6.45) is 0. The maximum atomic E-state index is 6.84. The van der Waals surface area contributed by atoms with Gasteiger partial charge in [0.1, 0.15) is 22.7 Å². The second-order valence-corrected chi connectivity index (χ2v) is 8.60. The molecule has 15 nitrogen and oxygen atoms in total. The summed E-state index contributed by atoms with van der Waals surface area (Å²) < 4.78 is 12.2. The van der Waals surface area contributed by atoms with E-state index in [2.05, 4.69) is 23.4 Å². The van der Waals surface area contributed by atoms with Gasteiger partial charge in [-0.05, 0) is 20.4 Å². The molecule has 0 saturated heterocycles. The van der Waals surface area contributed by atoms with Crippen LogP contribution in [0.1, 0.15) is 18.1 Å². The molecule has 2 heterocycles. The molecule has 0 spiro atoms. The lowest BCUT2D eigenvalue weighted by Gasteiger charge is -2.63. The normalized spacial score (nSPS) is 28.5. The first-order chi connectivity index (χ1) is 15.6. The van der Waals surface area contributed by atoms with Gasteiger partial charge in [-0.3, -0.25) is 21.5 Å². The Hall–Kier alpha value is -4.18. The van der Waals surface area contributed by atoms with Gasteiger partial charge < -0.3 is 61.1 Å². The van der Waals surface area contributed by atoms with Gasteiger partial charge in [-0.1, -0.05) is 0 Å². The number of rotatable bonds is 2. The van der Waals surface area contributed by atoms with Crippen molar-refractivity contribution in [2.45, 2.75) is 29.6 Å². The Morgan fingerprint density at radius 2 is 1.15 bits per heavy atom. The van der Waals surface area contributed by atoms with Crippen molar-refractivity contribution in [3.63, 3.8) is 0 Å². The molecule has 15 heteroatoms. The largest absolute Gasteiger partial charge is 0.465 e. The summed E-state index contributed by atoms with van der Waals surface area (Å²) in [5.41, 5.74) is 61.3. The maximum absolute atomic E-state index is 6.84. The van der Waals surface area contributed by atoms with E-state index in [-0.39, 0.29) is 68.1 Å². The van der Waals surface area contributed by atoms with Crippen LogP contribution in [0.4, 0.5) is 45.5 Å². The van der Waals surface area contributed by atoms with Crippen LogP contribution in [-0.4, -0.2) is 24.9 Å². The Kier molecular flexibility index (Phi) is 4.22. The summed E-state index contributed by atoms with van der Waals surface area (Å²) in [6, 6.07) is 0. The van der Waals surface area contributed by atoms with Crippen LogP contribution in [0.2, 0.25) is 0 Å². The number of benzene rings is 2. The van der Waals surface area contributed by atoms with Crippen LogP contribution >= 0.6 is 0 Å². The molecular formula is C19H29N13O2. The second-order valence-electron chi connectivity index (χ2n) is 8.60. The Morgan fingerprint density at radius 1 is 0.647 bits per heavy atom. The number of nitrogens with two attached hydrogens (primary N) is 11. The van der Waals surface area contributed by atoms with Crippen LogP contribution < -0.4 is 72.5 Å². The maximum Gasteiger partial charge on any atom is 0.244 e. The average Bonchev–Trinajstić information content (AvgIpc) is 2.75. The monoisotopic (exact) mass is 471 g/mol. The highest BCUT2D eigenvalue weighted by atomic mass is 16.6. The molecule has 2 aliphatic rings. The van der Waals surface area contributed by atoms with Crippen molar-refractivity contribution in [2.24, 2.45) is 32.9 Å². The highest BCUT2D eigenvalue weighted by Crippen LogP contribution is 2.66. The molecule has 0 amide bonds. The zero-order valence-corrected chi connectivity index (χ0v) is 18.5. The van der Waals surface area contributed by atoms with Crippen LogP contribution in [0, 0.1) is 0 Å². The predicted molar refractivity (Wildman–Crippen MR) is 135 cm³/mol. The summed E-state index contributed by atoms with van der Waals surface area (Å²) in [5, 5.41) is 0. The number of fused-ring (bicyclic) bond motifs is 4. The van der Waals surface area contributed by atoms with Crippen molar-refractivity contribution >= 4 is 58.9 Å². The topological polar surface area (TPSA) is 329 Å². The zero-order valence-electron chi connectivity index (χ0n) is 18.5. The summed E-state index contributed by atoms with van der Waals surface area (Å²) in [4.78, 5) is 8.15. The molecule has 34 heavy (non-hydrogen) atoms. The summed E-state index contributed by atoms with van der Waals surface area (Å²) in [6.45, 7) is 8.58. The smallest absolute Gasteiger partial charge is 0.244 e. The van der Waals surface area contributed by atoms with Gasteiger partial charge in [-0.25, -0.2) is 0 Å². The minimum atomic E-state index is -2.22. The molecule has 4 rings (SSSR count). The molecule has 0 aromatic heterocycles. The van der Waals surface area contributed by atoms with Crippen molar-refractivity contribution in [3.8, 4) is 11.5 Å². The fourth-order valence-corrected chi connectivity index (χ4v) is 4.92. The van der Waals surface area contributed by atoms with Crippen molar-refractivity contribution < 1.29 is 9.47 Å². The minimum absolute atomic E-state index is 0.0109. The van der Waals surface area contributed by atoms with E-state index in [4.69, 9.17) is 72.5 Å². The lowest BCUT2D eigenvalue weighted by molar-refractivity contribution is -0.191. The van der Waals surface area contributed by atoms with E-state index in [0.717, 1.165) is 0 Å². The number of ether oxygens (including phenoxy) is 2. The molecule has 3 unspecified atom stereocenters. The average molecular weight is 472 g/mol. The number of hydrogen-bond acceptors (Lipinski definition) is 15. The number of aliphatic imine (C=N–C) groups is 2. The highest BCUT2D eigenvalue weighted by molar-refractivity contribution is 5.97. The number of nitrogen functional groups attached to an aromatic ring is 7. The van der Waals surface area contributed by atoms with Gasteiger partial charge in [0.15, 0.2) is 17.0 Å². The molecule has 2 aliphatic heterocycles. The number of anilines is 7. The molecule has 0 fully saturated rings. The van der Waals surface area contributed by atoms with E-state index < -0.39 is 22.7 Å². The molecule has 22 N–H and O–H groups in total. The van der Waals surface area contributed by atoms with Crippen LogP contribution in [0.15, 0.2) is 9.98 Å². The molecular weight excluding hydrogens is 442 g/mol. The van der Waals surface area contributed by atoms with Gasteiger partial charge >= 0.3 is 0 Å². The van der Waals surface area contributed by atoms with Crippen molar-refractivity contribution in [1.82, 2.24) is 0 Å². The molecule has 0 bridgehead atoms. The Morgan fingerprint density at radius 3 is 1.68 bits per heavy atom. The zero-order chi connectivity index (χ0) is 25.8. The van der Waals surface area contributed by atoms with Crippen molar-refractivity contribution in [3.05, 3.63) is 11.1 Å². The fraction of sp³-hybridized carbons (Fsp3) is 0.263. The standard InChI is InChI=1S/C19H29N13O2/c1-16(27)19(30)17(32-3,4-7(21)13(31-2)10(24)12(26)14(4)33-16)18(28,29)5-6(20)8(22)9(23)11(25)15(5)34-19/h2-3,20-30H2,1H3. The summed E-state index contributed by atoms with van der Waals surface area (Å²) in [5.74, 6) is -0.244. The molecule has 0 saturated carbocycles. The van der Waals surface area contributed by atoms with Gasteiger partial charge in [0.2, 0.25) is 11.4 Å². The third-order valence-corrected chi connectivity index (χ3v) is 6.77. The van der Waals surface area contributed by atoms with E-state index in [1.54, 1.807) is 0 Å². The van der Waals surface area contributed by atoms with Gasteiger partial charge in [0.25, 0.3) is 0 Å². The number of hydrogen-bond donors (Lipinski definition) is 11. The Bertz CT molecular complexity index is 1300. The van der Waals surface area contributed by atoms with E-state index in [0.29, 0.717) is 0 Å². The fourth-order valence-electron chi connectivity index (χ4n) is 4.92. The van der Waals surface area contributed by atoms with Gasteiger partial charge in [0, 0.05) is 0 Å². The molecule has 0 aliphatic carbocycles. The predicted octanol–water partition coefficient (Wildman–Crippen LogP) is -2.12. The molecule has 0 radical (unpaired) electrons. The Labute approximate surface area is 194 Å². The van der Waals surface area contributed by atoms with Crippen LogP contribution in [-0.2, 0) is 11.2 Å². The third-order valence-electron chi connectivity index (χ3n) is 6.77. The van der Waals surface area contributed by atoms with E-state index in [1.807, 2.05) is 0 Å². The van der Waals surface area contributed by atoms with Crippen LogP contribution in [0.25, 0.3) is 0 Å². The lowest BCUT2D eigenvalue weighted by Crippen LogP contribution is -2.88. The highest BCUT2D eigenvalue weighted by Gasteiger charge is 2.77. The van der Waals surface area contributed by atoms with Gasteiger partial charge in [-0.2, -0.15) is 0 Å². The second kappa shape index (κ2) is 6.23. The molecule has 182 valence electrons. The van der Waals surface area contributed by atoms with Crippen molar-refractivity contribution in [1.29, 1.82) is 0 Å². The first-order valence-corrected chi connectivity index (χ1v) is 9.82. The summed E-state index contributed by atoms with van der Waals surface area (Å²) >= 11 is 0. The van der Waals surface area contributed by atoms with E-state index in [9.17, 15) is 0 Å². The van der Waals surface area contributed by atoms with E-state index in [1.165, 1.54) is 6.92 Å². The van der Waals surface area contributed by atoms with E-state index >= 15 is 0 Å². The van der Waals surface area contributed by atoms with Crippen LogP contribution in [0.5, 0.6) is 11.5 Å². The SMILES string of the molecule is C=Nc1c(N)c(N)c2c(c1N)C1(N=C)C(N)(N)c3c(N)c(N)c(N)c(N)c3OC1(N)C(C)(N)O2. The first kappa shape index (κ1) is 23.0. The van der Waals surface area contributed by atoms with Crippen molar-refractivity contribution in [2.75, 3.05) is 40.1 Å². The minimum Gasteiger partial charge on any atom is -0.465 e. The quantitative estimate of drug-likeness (QED) is 0.127. The molecule has 2 aromatic rings. The third kappa shape index (κ3) is 2.09. The van der Waals surface area contributed by atoms with Crippen LogP contribution in [0.3, 0.4) is 0 Å². The molecule has 2 aromatic carbocycles. The Balaban J connectivity index is 2.32. The van der Waals surface area contributed by atoms with Gasteiger partial charge in [-0.15, -0.1) is 0 Å².